The Morgan fingerprint density at radius 2 is 2.19 bits per heavy atom. The summed E-state index contributed by atoms with van der Waals surface area (Å²) >= 11 is 5.63. The molecule has 1 aliphatic heterocycles. The summed E-state index contributed by atoms with van der Waals surface area (Å²) in [7, 11) is 0. The SMILES string of the molecule is C[C@H](c1cccc(Br)c1)N1CCCSCC1. The van der Waals surface area contributed by atoms with Crippen molar-refractivity contribution in [2.45, 2.75) is 19.4 Å². The van der Waals surface area contributed by atoms with E-state index in [4.69, 9.17) is 0 Å². The molecule has 1 saturated heterocycles. The highest BCUT2D eigenvalue weighted by atomic mass is 79.9. The minimum absolute atomic E-state index is 0.538. The van der Waals surface area contributed by atoms with Gasteiger partial charge in [-0.3, -0.25) is 4.90 Å². The fraction of sp³-hybridized carbons (Fsp3) is 0.538. The molecule has 0 saturated carbocycles. The highest BCUT2D eigenvalue weighted by Gasteiger charge is 2.17. The van der Waals surface area contributed by atoms with Gasteiger partial charge in [0.15, 0.2) is 0 Å². The third-order valence-corrected chi connectivity index (χ3v) is 4.68. The van der Waals surface area contributed by atoms with Gasteiger partial charge in [-0.25, -0.2) is 0 Å². The van der Waals surface area contributed by atoms with Gasteiger partial charge >= 0.3 is 0 Å². The van der Waals surface area contributed by atoms with E-state index in [2.05, 4.69) is 63.8 Å². The largest absolute Gasteiger partial charge is 0.296 e. The van der Waals surface area contributed by atoms with Gasteiger partial charge in [0.05, 0.1) is 0 Å². The quantitative estimate of drug-likeness (QED) is 0.813. The highest BCUT2D eigenvalue weighted by molar-refractivity contribution is 9.10. The molecule has 0 N–H and O–H groups in total. The Morgan fingerprint density at radius 3 is 3.00 bits per heavy atom. The summed E-state index contributed by atoms with van der Waals surface area (Å²) in [4.78, 5) is 2.60. The van der Waals surface area contributed by atoms with Crippen LogP contribution in [0.5, 0.6) is 0 Å². The summed E-state index contributed by atoms with van der Waals surface area (Å²) in [5.41, 5.74) is 1.42. The second kappa shape index (κ2) is 6.08. The van der Waals surface area contributed by atoms with Crippen LogP contribution >= 0.6 is 27.7 Å². The molecule has 88 valence electrons. The first-order valence-corrected chi connectivity index (χ1v) is 7.79. The molecule has 0 aromatic heterocycles. The molecule has 1 aliphatic rings. The zero-order valence-corrected chi connectivity index (χ0v) is 12.1. The summed E-state index contributed by atoms with van der Waals surface area (Å²) in [5, 5.41) is 0. The van der Waals surface area contributed by atoms with E-state index in [-0.39, 0.29) is 0 Å². The lowest BCUT2D eigenvalue weighted by Gasteiger charge is -2.27. The van der Waals surface area contributed by atoms with Gasteiger partial charge in [0.2, 0.25) is 0 Å². The minimum Gasteiger partial charge on any atom is -0.296 e. The van der Waals surface area contributed by atoms with Gasteiger partial charge in [-0.1, -0.05) is 28.1 Å². The lowest BCUT2D eigenvalue weighted by Crippen LogP contribution is -2.29. The first-order chi connectivity index (χ1) is 7.77. The Labute approximate surface area is 111 Å². The van der Waals surface area contributed by atoms with E-state index in [1.165, 1.54) is 41.1 Å². The average molecular weight is 300 g/mol. The first-order valence-electron chi connectivity index (χ1n) is 5.84. The summed E-state index contributed by atoms with van der Waals surface area (Å²) < 4.78 is 1.18. The molecule has 1 nitrogen and oxygen atoms in total. The lowest BCUT2D eigenvalue weighted by molar-refractivity contribution is 0.228. The minimum atomic E-state index is 0.538. The predicted octanol–water partition coefficient (Wildman–Crippen LogP) is 3.95. The third-order valence-electron chi connectivity index (χ3n) is 3.14. The molecule has 0 amide bonds. The van der Waals surface area contributed by atoms with Crippen molar-refractivity contribution in [2.75, 3.05) is 24.6 Å². The van der Waals surface area contributed by atoms with Gasteiger partial charge in [0.25, 0.3) is 0 Å². The van der Waals surface area contributed by atoms with Crippen LogP contribution in [0.15, 0.2) is 28.7 Å². The predicted molar refractivity (Wildman–Crippen MR) is 76.1 cm³/mol. The van der Waals surface area contributed by atoms with Gasteiger partial charge in [-0.2, -0.15) is 11.8 Å². The van der Waals surface area contributed by atoms with Crippen molar-refractivity contribution < 1.29 is 0 Å². The number of thioether (sulfide) groups is 1. The van der Waals surface area contributed by atoms with Gasteiger partial charge in [0, 0.05) is 22.8 Å². The third kappa shape index (κ3) is 3.25. The average Bonchev–Trinajstić information content (AvgIpc) is 2.56. The molecule has 2 rings (SSSR count). The Morgan fingerprint density at radius 1 is 1.31 bits per heavy atom. The van der Waals surface area contributed by atoms with E-state index >= 15 is 0 Å². The van der Waals surface area contributed by atoms with Crippen molar-refractivity contribution >= 4 is 27.7 Å². The summed E-state index contributed by atoms with van der Waals surface area (Å²) in [6, 6.07) is 9.23. The molecule has 1 fully saturated rings. The van der Waals surface area contributed by atoms with Crippen LogP contribution in [0.1, 0.15) is 24.9 Å². The molecule has 0 aliphatic carbocycles. The summed E-state index contributed by atoms with van der Waals surface area (Å²) in [6.07, 6.45) is 1.32. The Kier molecular flexibility index (Phi) is 4.74. The molecule has 1 heterocycles. The van der Waals surface area contributed by atoms with Crippen molar-refractivity contribution in [3.05, 3.63) is 34.3 Å². The maximum absolute atomic E-state index is 3.55. The molecular weight excluding hydrogens is 282 g/mol. The molecule has 1 aromatic carbocycles. The van der Waals surface area contributed by atoms with Crippen LogP contribution in [0.2, 0.25) is 0 Å². The zero-order chi connectivity index (χ0) is 11.4. The van der Waals surface area contributed by atoms with E-state index in [0.29, 0.717) is 6.04 Å². The molecule has 1 atom stereocenters. The van der Waals surface area contributed by atoms with E-state index in [9.17, 15) is 0 Å². The smallest absolute Gasteiger partial charge is 0.0320 e. The standard InChI is InChI=1S/C13H18BrNS/c1-11(12-4-2-5-13(14)10-12)15-6-3-8-16-9-7-15/h2,4-5,10-11H,3,6-9H2,1H3/t11-/m1/s1. The first kappa shape index (κ1) is 12.5. The van der Waals surface area contributed by atoms with E-state index < -0.39 is 0 Å². The second-order valence-electron chi connectivity index (χ2n) is 4.23. The van der Waals surface area contributed by atoms with Crippen molar-refractivity contribution in [1.29, 1.82) is 0 Å². The molecule has 0 unspecified atom stereocenters. The van der Waals surface area contributed by atoms with Crippen molar-refractivity contribution in [2.24, 2.45) is 0 Å². The van der Waals surface area contributed by atoms with Crippen LogP contribution in [-0.4, -0.2) is 29.5 Å². The lowest BCUT2D eigenvalue weighted by atomic mass is 10.1. The molecule has 0 bridgehead atoms. The van der Waals surface area contributed by atoms with Crippen LogP contribution in [-0.2, 0) is 0 Å². The van der Waals surface area contributed by atoms with E-state index in [1.807, 2.05) is 0 Å². The van der Waals surface area contributed by atoms with Gasteiger partial charge in [-0.15, -0.1) is 0 Å². The van der Waals surface area contributed by atoms with Gasteiger partial charge < -0.3 is 0 Å². The molecule has 1 aromatic rings. The fourth-order valence-corrected chi connectivity index (χ4v) is 3.45. The number of hydrogen-bond donors (Lipinski definition) is 0. The number of halogens is 1. The van der Waals surface area contributed by atoms with Crippen LogP contribution < -0.4 is 0 Å². The monoisotopic (exact) mass is 299 g/mol. The highest BCUT2D eigenvalue weighted by Crippen LogP contribution is 2.25. The van der Waals surface area contributed by atoms with Crippen LogP contribution in [0.4, 0.5) is 0 Å². The fourth-order valence-electron chi connectivity index (χ4n) is 2.13. The molecule has 0 spiro atoms. The van der Waals surface area contributed by atoms with Gasteiger partial charge in [-0.05, 0) is 43.3 Å². The molecule has 16 heavy (non-hydrogen) atoms. The van der Waals surface area contributed by atoms with Crippen molar-refractivity contribution in [3.63, 3.8) is 0 Å². The number of nitrogens with zero attached hydrogens (tertiary/aromatic N) is 1. The number of rotatable bonds is 2. The van der Waals surface area contributed by atoms with Crippen LogP contribution in [0.3, 0.4) is 0 Å². The van der Waals surface area contributed by atoms with Crippen molar-refractivity contribution in [1.82, 2.24) is 4.90 Å². The number of hydrogen-bond acceptors (Lipinski definition) is 2. The molecule has 0 radical (unpaired) electrons. The van der Waals surface area contributed by atoms with E-state index in [1.54, 1.807) is 0 Å². The summed E-state index contributed by atoms with van der Waals surface area (Å²) in [5.74, 6) is 2.60. The summed E-state index contributed by atoms with van der Waals surface area (Å²) in [6.45, 7) is 4.77. The van der Waals surface area contributed by atoms with Crippen LogP contribution in [0.25, 0.3) is 0 Å². The number of benzene rings is 1. The Bertz CT molecular complexity index is 334. The topological polar surface area (TPSA) is 3.24 Å². The Hall–Kier alpha value is 0.01000. The second-order valence-corrected chi connectivity index (χ2v) is 6.37. The molecule has 3 heteroatoms. The normalized spacial score (nSPS) is 20.4. The Balaban J connectivity index is 2.07. The van der Waals surface area contributed by atoms with Crippen molar-refractivity contribution in [3.8, 4) is 0 Å². The zero-order valence-electron chi connectivity index (χ0n) is 9.66. The maximum atomic E-state index is 3.55. The van der Waals surface area contributed by atoms with Crippen LogP contribution in [0, 0.1) is 0 Å². The maximum Gasteiger partial charge on any atom is 0.0320 e. The molecular formula is C13H18BrNS. The van der Waals surface area contributed by atoms with Gasteiger partial charge in [0.1, 0.15) is 0 Å². The van der Waals surface area contributed by atoms with E-state index in [0.717, 1.165) is 0 Å².